The minimum absolute atomic E-state index is 0.251. The molecule has 0 aromatic carbocycles. The number of hydrogen-bond donors (Lipinski definition) is 1. The Morgan fingerprint density at radius 2 is 2.00 bits per heavy atom. The number of ether oxygens (including phenoxy) is 1. The lowest BCUT2D eigenvalue weighted by Crippen LogP contribution is -2.39. The molecule has 0 radical (unpaired) electrons. The Bertz CT molecular complexity index is 517. The highest BCUT2D eigenvalue weighted by molar-refractivity contribution is 5.05. The maximum atomic E-state index is 11.8. The zero-order valence-corrected chi connectivity index (χ0v) is 12.1. The summed E-state index contributed by atoms with van der Waals surface area (Å²) in [5.41, 5.74) is 0.0150. The van der Waals surface area contributed by atoms with E-state index >= 15 is 0 Å². The van der Waals surface area contributed by atoms with Crippen LogP contribution in [0.5, 0.6) is 0 Å². The highest BCUT2D eigenvalue weighted by Crippen LogP contribution is 1.91. The van der Waals surface area contributed by atoms with Gasteiger partial charge in [0.05, 0.1) is 6.61 Å². The second kappa shape index (κ2) is 7.25. The molecule has 1 aromatic heterocycles. The normalized spacial score (nSPS) is 11.2. The summed E-state index contributed by atoms with van der Waals surface area (Å²) in [6.07, 6.45) is 1.58. The number of rotatable bonds is 7. The molecule has 0 aliphatic rings. The van der Waals surface area contributed by atoms with Gasteiger partial charge in [-0.3, -0.25) is 9.36 Å². The Morgan fingerprint density at radius 3 is 2.63 bits per heavy atom. The minimum atomic E-state index is -0.311. The molecule has 0 atom stereocenters. The zero-order chi connectivity index (χ0) is 14.4. The Hall–Kier alpha value is -1.40. The van der Waals surface area contributed by atoms with Crippen LogP contribution in [-0.4, -0.2) is 28.9 Å². The molecule has 1 heterocycles. The van der Waals surface area contributed by atoms with E-state index in [1.165, 1.54) is 11.6 Å². The van der Waals surface area contributed by atoms with E-state index in [2.05, 4.69) is 19.2 Å². The van der Waals surface area contributed by atoms with Crippen molar-refractivity contribution in [3.63, 3.8) is 0 Å². The molecule has 6 heteroatoms. The third-order valence-corrected chi connectivity index (χ3v) is 2.71. The van der Waals surface area contributed by atoms with E-state index < -0.39 is 0 Å². The molecule has 0 unspecified atom stereocenters. The lowest BCUT2D eigenvalue weighted by atomic mass is 10.2. The van der Waals surface area contributed by atoms with Gasteiger partial charge in [-0.25, -0.2) is 4.79 Å². The lowest BCUT2D eigenvalue weighted by molar-refractivity contribution is 0.111. The molecule has 1 rings (SSSR count). The van der Waals surface area contributed by atoms with Gasteiger partial charge >= 0.3 is 5.69 Å². The van der Waals surface area contributed by atoms with E-state index in [1.807, 2.05) is 0 Å². The van der Waals surface area contributed by atoms with Gasteiger partial charge in [0.1, 0.15) is 0 Å². The maximum absolute atomic E-state index is 11.8. The largest absolute Gasteiger partial charge is 0.380 e. The van der Waals surface area contributed by atoms with Gasteiger partial charge in [0.15, 0.2) is 0 Å². The first-order valence-electron chi connectivity index (χ1n) is 6.47. The molecule has 0 saturated heterocycles. The van der Waals surface area contributed by atoms with Crippen molar-refractivity contribution in [1.82, 2.24) is 14.5 Å². The Balaban J connectivity index is 2.47. The van der Waals surface area contributed by atoms with E-state index in [-0.39, 0.29) is 11.2 Å². The van der Waals surface area contributed by atoms with Crippen LogP contribution in [0.15, 0.2) is 15.8 Å². The van der Waals surface area contributed by atoms with E-state index in [1.54, 1.807) is 13.2 Å². The van der Waals surface area contributed by atoms with Crippen molar-refractivity contribution in [2.24, 2.45) is 20.0 Å². The van der Waals surface area contributed by atoms with Crippen molar-refractivity contribution in [3.8, 4) is 0 Å². The summed E-state index contributed by atoms with van der Waals surface area (Å²) < 4.78 is 7.96. The number of aryl methyl sites for hydroxylation is 1. The van der Waals surface area contributed by atoms with Gasteiger partial charge in [0.2, 0.25) is 0 Å². The average Bonchev–Trinajstić information content (AvgIpc) is 2.36. The van der Waals surface area contributed by atoms with Crippen LogP contribution >= 0.6 is 0 Å². The fourth-order valence-corrected chi connectivity index (χ4v) is 1.69. The monoisotopic (exact) mass is 269 g/mol. The fraction of sp³-hybridized carbons (Fsp3) is 0.692. The van der Waals surface area contributed by atoms with Gasteiger partial charge in [-0.1, -0.05) is 13.8 Å². The fourth-order valence-electron chi connectivity index (χ4n) is 1.69. The van der Waals surface area contributed by atoms with Gasteiger partial charge in [-0.05, 0) is 5.92 Å². The first-order chi connectivity index (χ1) is 8.93. The molecule has 0 bridgehead atoms. The van der Waals surface area contributed by atoms with E-state index in [4.69, 9.17) is 4.74 Å². The third-order valence-electron chi connectivity index (χ3n) is 2.71. The summed E-state index contributed by atoms with van der Waals surface area (Å²) in [6.45, 7) is 6.67. The van der Waals surface area contributed by atoms with Crippen LogP contribution in [0, 0.1) is 5.92 Å². The van der Waals surface area contributed by atoms with Crippen molar-refractivity contribution < 1.29 is 4.74 Å². The second-order valence-electron chi connectivity index (χ2n) is 5.06. The molecule has 0 saturated carbocycles. The highest BCUT2D eigenvalue weighted by Gasteiger charge is 2.05. The summed E-state index contributed by atoms with van der Waals surface area (Å²) in [7, 11) is 3.12. The van der Waals surface area contributed by atoms with Crippen LogP contribution in [0.4, 0.5) is 0 Å². The molecule has 1 N–H and O–H groups in total. The topological polar surface area (TPSA) is 65.3 Å². The van der Waals surface area contributed by atoms with Gasteiger partial charge < -0.3 is 14.6 Å². The average molecular weight is 269 g/mol. The van der Waals surface area contributed by atoms with Crippen molar-refractivity contribution in [3.05, 3.63) is 32.6 Å². The second-order valence-corrected chi connectivity index (χ2v) is 5.06. The predicted molar refractivity (Wildman–Crippen MR) is 74.3 cm³/mol. The molecular weight excluding hydrogens is 246 g/mol. The van der Waals surface area contributed by atoms with Crippen LogP contribution in [-0.2, 0) is 25.4 Å². The number of nitrogens with one attached hydrogen (secondary N) is 1. The molecule has 0 fully saturated rings. The van der Waals surface area contributed by atoms with Gasteiger partial charge in [0.25, 0.3) is 5.56 Å². The molecule has 6 nitrogen and oxygen atoms in total. The lowest BCUT2D eigenvalue weighted by Gasteiger charge is -2.09. The van der Waals surface area contributed by atoms with Crippen LogP contribution < -0.4 is 16.6 Å². The smallest absolute Gasteiger partial charge is 0.330 e. The molecule has 0 aliphatic heterocycles. The molecular formula is C13H23N3O3. The highest BCUT2D eigenvalue weighted by atomic mass is 16.5. The van der Waals surface area contributed by atoms with Crippen LogP contribution in [0.1, 0.15) is 19.4 Å². The predicted octanol–water partition coefficient (Wildman–Crippen LogP) is -0.154. The van der Waals surface area contributed by atoms with E-state index in [9.17, 15) is 9.59 Å². The number of nitrogens with zero attached hydrogens (tertiary/aromatic N) is 2. The molecule has 0 aliphatic carbocycles. The van der Waals surface area contributed by atoms with Crippen molar-refractivity contribution in [2.45, 2.75) is 20.4 Å². The number of aromatic nitrogens is 2. The summed E-state index contributed by atoms with van der Waals surface area (Å²) in [5, 5.41) is 3.14. The Kier molecular flexibility index (Phi) is 5.98. The van der Waals surface area contributed by atoms with Crippen LogP contribution in [0.2, 0.25) is 0 Å². The summed E-state index contributed by atoms with van der Waals surface area (Å²) in [6, 6.07) is 0. The molecule has 0 spiro atoms. The standard InChI is InChI=1S/C13H23N3O3/c1-10(2)9-19-6-5-14-7-11-8-15(3)13(18)16(4)12(11)17/h8,10,14H,5-7,9H2,1-4H3. The maximum Gasteiger partial charge on any atom is 0.330 e. The van der Waals surface area contributed by atoms with E-state index in [0.29, 0.717) is 31.2 Å². The quantitative estimate of drug-likeness (QED) is 0.699. The molecule has 0 amide bonds. The Labute approximate surface area is 113 Å². The van der Waals surface area contributed by atoms with Crippen LogP contribution in [0.3, 0.4) is 0 Å². The van der Waals surface area contributed by atoms with E-state index in [0.717, 1.165) is 11.2 Å². The molecule has 1 aromatic rings. The SMILES string of the molecule is CC(C)COCCNCc1cn(C)c(=O)n(C)c1=O. The van der Waals surface area contributed by atoms with Crippen molar-refractivity contribution >= 4 is 0 Å². The summed E-state index contributed by atoms with van der Waals surface area (Å²) in [4.78, 5) is 23.3. The molecule has 108 valence electrons. The van der Waals surface area contributed by atoms with Crippen LogP contribution in [0.25, 0.3) is 0 Å². The third kappa shape index (κ3) is 4.65. The first-order valence-corrected chi connectivity index (χ1v) is 6.47. The first kappa shape index (κ1) is 15.7. The van der Waals surface area contributed by atoms with Crippen molar-refractivity contribution in [2.75, 3.05) is 19.8 Å². The molecule has 19 heavy (non-hydrogen) atoms. The van der Waals surface area contributed by atoms with Gasteiger partial charge in [-0.15, -0.1) is 0 Å². The zero-order valence-electron chi connectivity index (χ0n) is 12.1. The number of hydrogen-bond acceptors (Lipinski definition) is 4. The summed E-state index contributed by atoms with van der Waals surface area (Å²) >= 11 is 0. The summed E-state index contributed by atoms with van der Waals surface area (Å²) in [5.74, 6) is 0.524. The van der Waals surface area contributed by atoms with Crippen molar-refractivity contribution in [1.29, 1.82) is 0 Å². The minimum Gasteiger partial charge on any atom is -0.380 e. The van der Waals surface area contributed by atoms with Gasteiger partial charge in [0, 0.05) is 45.6 Å². The van der Waals surface area contributed by atoms with Gasteiger partial charge in [-0.2, -0.15) is 0 Å². The Morgan fingerprint density at radius 1 is 1.32 bits per heavy atom.